The summed E-state index contributed by atoms with van der Waals surface area (Å²) in [7, 11) is 0. The van der Waals surface area contributed by atoms with Gasteiger partial charge in [0.25, 0.3) is 6.43 Å². The molecule has 0 aromatic carbocycles. The van der Waals surface area contributed by atoms with Gasteiger partial charge in [0, 0.05) is 12.0 Å². The Kier molecular flexibility index (Phi) is 1.99. The van der Waals surface area contributed by atoms with Crippen LogP contribution in [-0.2, 0) is 9.53 Å². The van der Waals surface area contributed by atoms with Crippen LogP contribution in [0.25, 0.3) is 0 Å². The zero-order valence-corrected chi connectivity index (χ0v) is 5.14. The number of ether oxygens (including phenoxy) is 1. The first-order valence-corrected chi connectivity index (χ1v) is 2.85. The molecule has 0 bridgehead atoms. The maximum absolute atomic E-state index is 11.6. The van der Waals surface area contributed by atoms with Gasteiger partial charge < -0.3 is 4.74 Å². The van der Waals surface area contributed by atoms with Gasteiger partial charge in [-0.3, -0.25) is 4.79 Å². The van der Waals surface area contributed by atoms with Gasteiger partial charge in [-0.1, -0.05) is 0 Å². The number of Topliss-reactive ketones (excluding diaryl/α,β-unsaturated/α-hetero) is 1. The summed E-state index contributed by atoms with van der Waals surface area (Å²) < 4.78 is 27.9. The zero-order chi connectivity index (χ0) is 7.56. The minimum Gasteiger partial charge on any atom is -0.500 e. The fourth-order valence-electron chi connectivity index (χ4n) is 0.709. The van der Waals surface area contributed by atoms with E-state index in [9.17, 15) is 13.6 Å². The van der Waals surface area contributed by atoms with Gasteiger partial charge in [0.05, 0.1) is 12.9 Å². The molecule has 4 heteroatoms. The lowest BCUT2D eigenvalue weighted by molar-refractivity contribution is -0.125. The molecule has 0 radical (unpaired) electrons. The highest BCUT2D eigenvalue weighted by atomic mass is 19.3. The number of alkyl halides is 2. The molecule has 0 amide bonds. The Balaban J connectivity index is 2.56. The molecule has 1 aliphatic heterocycles. The minimum absolute atomic E-state index is 0.0926. The van der Waals surface area contributed by atoms with Crippen molar-refractivity contribution >= 4 is 5.78 Å². The zero-order valence-electron chi connectivity index (χ0n) is 5.14. The van der Waals surface area contributed by atoms with E-state index in [4.69, 9.17) is 0 Å². The Morgan fingerprint density at radius 3 is 2.80 bits per heavy atom. The van der Waals surface area contributed by atoms with Crippen LogP contribution >= 0.6 is 0 Å². The molecule has 0 aromatic rings. The van der Waals surface area contributed by atoms with Crippen molar-refractivity contribution in [3.8, 4) is 0 Å². The lowest BCUT2D eigenvalue weighted by Gasteiger charge is -1.94. The van der Waals surface area contributed by atoms with Crippen LogP contribution in [0.4, 0.5) is 8.78 Å². The number of hydrogen-bond donors (Lipinski definition) is 0. The van der Waals surface area contributed by atoms with E-state index >= 15 is 0 Å². The van der Waals surface area contributed by atoms with Gasteiger partial charge in [-0.05, 0) is 0 Å². The van der Waals surface area contributed by atoms with Gasteiger partial charge >= 0.3 is 0 Å². The molecule has 0 saturated carbocycles. The second-order valence-electron chi connectivity index (χ2n) is 1.93. The number of ketones is 1. The molecular formula is C6H6F2O2. The van der Waals surface area contributed by atoms with Crippen molar-refractivity contribution in [3.63, 3.8) is 0 Å². The topological polar surface area (TPSA) is 26.3 Å². The van der Waals surface area contributed by atoms with Gasteiger partial charge in [0.15, 0.2) is 0 Å². The molecule has 0 aliphatic carbocycles. The van der Waals surface area contributed by atoms with E-state index in [2.05, 4.69) is 4.74 Å². The van der Waals surface area contributed by atoms with Crippen LogP contribution in [0.5, 0.6) is 0 Å². The largest absolute Gasteiger partial charge is 0.500 e. The van der Waals surface area contributed by atoms with Crippen LogP contribution in [0, 0.1) is 0 Å². The van der Waals surface area contributed by atoms with Crippen molar-refractivity contribution in [2.75, 3.05) is 6.61 Å². The lowest BCUT2D eigenvalue weighted by Crippen LogP contribution is -2.11. The Bertz CT molecular complexity index is 175. The first-order valence-electron chi connectivity index (χ1n) is 2.85. The van der Waals surface area contributed by atoms with E-state index < -0.39 is 12.2 Å². The first kappa shape index (κ1) is 7.18. The number of hydrogen-bond acceptors (Lipinski definition) is 2. The predicted molar refractivity (Wildman–Crippen MR) is 29.7 cm³/mol. The quantitative estimate of drug-likeness (QED) is 0.586. The molecule has 1 aliphatic rings. The monoisotopic (exact) mass is 148 g/mol. The van der Waals surface area contributed by atoms with Crippen molar-refractivity contribution < 1.29 is 18.3 Å². The van der Waals surface area contributed by atoms with Crippen molar-refractivity contribution in [2.24, 2.45) is 0 Å². The van der Waals surface area contributed by atoms with E-state index in [1.165, 1.54) is 0 Å². The molecule has 0 spiro atoms. The highest BCUT2D eigenvalue weighted by molar-refractivity contribution is 5.97. The summed E-state index contributed by atoms with van der Waals surface area (Å²) in [6.07, 6.45) is -1.48. The SMILES string of the molecule is O=C(C1=COCC1)C(F)F. The highest BCUT2D eigenvalue weighted by Gasteiger charge is 2.22. The average molecular weight is 148 g/mol. The molecule has 1 rings (SSSR count). The van der Waals surface area contributed by atoms with Crippen molar-refractivity contribution in [2.45, 2.75) is 12.8 Å². The Hall–Kier alpha value is -0.930. The fourth-order valence-corrected chi connectivity index (χ4v) is 0.709. The molecule has 0 aromatic heterocycles. The second-order valence-corrected chi connectivity index (χ2v) is 1.93. The summed E-state index contributed by atoms with van der Waals surface area (Å²) in [6, 6.07) is 0. The van der Waals surface area contributed by atoms with E-state index in [0.29, 0.717) is 13.0 Å². The van der Waals surface area contributed by atoms with E-state index in [-0.39, 0.29) is 5.57 Å². The molecule has 2 nitrogen and oxygen atoms in total. The predicted octanol–water partition coefficient (Wildman–Crippen LogP) is 1.12. The lowest BCUT2D eigenvalue weighted by atomic mass is 10.1. The van der Waals surface area contributed by atoms with E-state index in [1.54, 1.807) is 0 Å². The Morgan fingerprint density at radius 2 is 2.40 bits per heavy atom. The molecule has 0 saturated heterocycles. The number of carbonyl (C=O) groups excluding carboxylic acids is 1. The van der Waals surface area contributed by atoms with Crippen molar-refractivity contribution in [1.29, 1.82) is 0 Å². The summed E-state index contributed by atoms with van der Waals surface area (Å²) in [5, 5.41) is 0. The molecule has 0 N–H and O–H groups in total. The standard InChI is InChI=1S/C6H6F2O2/c7-6(8)5(9)4-1-2-10-3-4/h3,6H,1-2H2. The van der Waals surface area contributed by atoms with Crippen molar-refractivity contribution in [3.05, 3.63) is 11.8 Å². The second kappa shape index (κ2) is 2.77. The summed E-state index contributed by atoms with van der Waals surface area (Å²) in [6.45, 7) is 0.341. The van der Waals surface area contributed by atoms with E-state index in [0.717, 1.165) is 6.26 Å². The normalized spacial score (nSPS) is 16.9. The van der Waals surface area contributed by atoms with Crippen LogP contribution < -0.4 is 0 Å². The van der Waals surface area contributed by atoms with Gasteiger partial charge in [-0.15, -0.1) is 0 Å². The minimum atomic E-state index is -2.90. The van der Waals surface area contributed by atoms with Crippen LogP contribution in [0.3, 0.4) is 0 Å². The molecule has 0 fully saturated rings. The van der Waals surface area contributed by atoms with E-state index in [1.807, 2.05) is 0 Å². The summed E-state index contributed by atoms with van der Waals surface area (Å²) in [5.74, 6) is -1.11. The number of rotatable bonds is 2. The highest BCUT2D eigenvalue weighted by Crippen LogP contribution is 2.14. The number of carbonyl (C=O) groups is 1. The maximum Gasteiger partial charge on any atom is 0.300 e. The summed E-state index contributed by atoms with van der Waals surface area (Å²) in [4.78, 5) is 10.4. The Morgan fingerprint density at radius 1 is 1.70 bits per heavy atom. The van der Waals surface area contributed by atoms with Crippen LogP contribution in [0.1, 0.15) is 6.42 Å². The molecule has 10 heavy (non-hydrogen) atoms. The maximum atomic E-state index is 11.6. The van der Waals surface area contributed by atoms with Gasteiger partial charge in [0.2, 0.25) is 5.78 Å². The molecular weight excluding hydrogens is 142 g/mol. The third-order valence-electron chi connectivity index (χ3n) is 1.23. The Labute approximate surface area is 56.5 Å². The molecule has 56 valence electrons. The van der Waals surface area contributed by atoms with Gasteiger partial charge in [-0.25, -0.2) is 8.78 Å². The fraction of sp³-hybridized carbons (Fsp3) is 0.500. The smallest absolute Gasteiger partial charge is 0.300 e. The summed E-state index contributed by atoms with van der Waals surface area (Å²) in [5.41, 5.74) is 0.0926. The van der Waals surface area contributed by atoms with Gasteiger partial charge in [-0.2, -0.15) is 0 Å². The van der Waals surface area contributed by atoms with Crippen LogP contribution in [0.2, 0.25) is 0 Å². The average Bonchev–Trinajstić information content (AvgIpc) is 2.36. The third kappa shape index (κ3) is 1.32. The van der Waals surface area contributed by atoms with Crippen molar-refractivity contribution in [1.82, 2.24) is 0 Å². The number of halogens is 2. The molecule has 1 heterocycles. The van der Waals surface area contributed by atoms with Crippen LogP contribution in [-0.4, -0.2) is 18.8 Å². The van der Waals surface area contributed by atoms with Crippen LogP contribution in [0.15, 0.2) is 11.8 Å². The first-order chi connectivity index (χ1) is 4.72. The molecule has 0 atom stereocenters. The molecule has 0 unspecified atom stereocenters. The van der Waals surface area contributed by atoms with Gasteiger partial charge in [0.1, 0.15) is 0 Å². The summed E-state index contributed by atoms with van der Waals surface area (Å²) >= 11 is 0. The third-order valence-corrected chi connectivity index (χ3v) is 1.23.